The number of hydrogen-bond acceptors (Lipinski definition) is 6. The van der Waals surface area contributed by atoms with Crippen molar-refractivity contribution in [1.29, 1.82) is 0 Å². The highest BCUT2D eigenvalue weighted by atomic mass is 32.2. The van der Waals surface area contributed by atoms with Gasteiger partial charge in [0.25, 0.3) is 11.6 Å². The maximum absolute atomic E-state index is 13.2. The minimum Gasteiger partial charge on any atom is -0.489 e. The van der Waals surface area contributed by atoms with Gasteiger partial charge in [-0.3, -0.25) is 14.9 Å². The van der Waals surface area contributed by atoms with Gasteiger partial charge in [-0.25, -0.2) is 8.42 Å². The van der Waals surface area contributed by atoms with Gasteiger partial charge >= 0.3 is 0 Å². The molecule has 9 nitrogen and oxygen atoms in total. The van der Waals surface area contributed by atoms with Gasteiger partial charge in [0, 0.05) is 49.4 Å². The molecule has 0 saturated carbocycles. The molecule has 34 heavy (non-hydrogen) atoms. The molecule has 3 aromatic rings. The molecule has 176 valence electrons. The molecule has 10 heteroatoms. The van der Waals surface area contributed by atoms with Crippen LogP contribution in [0.25, 0.3) is 0 Å². The van der Waals surface area contributed by atoms with Gasteiger partial charge in [0.15, 0.2) is 0 Å². The Morgan fingerprint density at radius 3 is 2.15 bits per heavy atom. The summed E-state index contributed by atoms with van der Waals surface area (Å²) < 4.78 is 32.9. The Kier molecular flexibility index (Phi) is 6.90. The molecule has 0 aromatic heterocycles. The highest BCUT2D eigenvalue weighted by molar-refractivity contribution is 7.89. The molecule has 1 saturated heterocycles. The zero-order chi connectivity index (χ0) is 24.1. The van der Waals surface area contributed by atoms with Gasteiger partial charge < -0.3 is 9.64 Å². The van der Waals surface area contributed by atoms with Crippen molar-refractivity contribution in [3.63, 3.8) is 0 Å². The number of nitro benzene ring substituents is 1. The second-order valence-electron chi connectivity index (χ2n) is 7.71. The summed E-state index contributed by atoms with van der Waals surface area (Å²) in [5, 5.41) is 10.8. The Balaban J connectivity index is 1.41. The summed E-state index contributed by atoms with van der Waals surface area (Å²) in [6, 6.07) is 21.3. The van der Waals surface area contributed by atoms with Crippen LogP contribution in [0.1, 0.15) is 15.9 Å². The predicted octanol–water partition coefficient (Wildman–Crippen LogP) is 3.32. The molecule has 0 radical (unpaired) electrons. The van der Waals surface area contributed by atoms with Crippen molar-refractivity contribution in [3.05, 3.63) is 100 Å². The Labute approximate surface area is 197 Å². The van der Waals surface area contributed by atoms with Crippen molar-refractivity contribution in [2.75, 3.05) is 26.2 Å². The van der Waals surface area contributed by atoms with Crippen molar-refractivity contribution in [3.8, 4) is 5.75 Å². The van der Waals surface area contributed by atoms with E-state index in [4.69, 9.17) is 4.74 Å². The number of non-ortho nitro benzene ring substituents is 1. The minimum atomic E-state index is -3.81. The van der Waals surface area contributed by atoms with Crippen molar-refractivity contribution < 1.29 is 22.9 Å². The van der Waals surface area contributed by atoms with Crippen LogP contribution in [0.5, 0.6) is 5.75 Å². The standard InChI is InChI=1S/C24H23N3O6S/c28-24(23-9-5-4-6-19(23)18-33-21-7-2-1-3-8-21)25-14-16-26(17-15-25)34(31,32)22-12-10-20(11-13-22)27(29)30/h1-13H,14-18H2. The summed E-state index contributed by atoms with van der Waals surface area (Å²) >= 11 is 0. The first kappa shape index (κ1) is 23.4. The number of rotatable bonds is 7. The van der Waals surface area contributed by atoms with Gasteiger partial charge in [-0.05, 0) is 30.3 Å². The fraction of sp³-hybridized carbons (Fsp3) is 0.208. The molecular formula is C24H23N3O6S. The van der Waals surface area contributed by atoms with E-state index < -0.39 is 14.9 Å². The van der Waals surface area contributed by atoms with Gasteiger partial charge in [0.2, 0.25) is 10.0 Å². The number of carbonyl (C=O) groups is 1. The van der Waals surface area contributed by atoms with Crippen LogP contribution in [0, 0.1) is 10.1 Å². The molecule has 1 aliphatic rings. The summed E-state index contributed by atoms with van der Waals surface area (Å²) in [6.07, 6.45) is 0. The van der Waals surface area contributed by atoms with E-state index in [-0.39, 0.29) is 49.3 Å². The van der Waals surface area contributed by atoms with Crippen LogP contribution in [0.2, 0.25) is 0 Å². The van der Waals surface area contributed by atoms with E-state index in [2.05, 4.69) is 0 Å². The van der Waals surface area contributed by atoms with E-state index in [9.17, 15) is 23.3 Å². The molecular weight excluding hydrogens is 458 g/mol. The summed E-state index contributed by atoms with van der Waals surface area (Å²) in [5.41, 5.74) is 1.09. The average molecular weight is 482 g/mol. The smallest absolute Gasteiger partial charge is 0.269 e. The maximum atomic E-state index is 13.2. The van der Waals surface area contributed by atoms with Crippen molar-refractivity contribution in [1.82, 2.24) is 9.21 Å². The lowest BCUT2D eigenvalue weighted by molar-refractivity contribution is -0.384. The number of para-hydroxylation sites is 1. The van der Waals surface area contributed by atoms with Gasteiger partial charge in [-0.1, -0.05) is 36.4 Å². The van der Waals surface area contributed by atoms with Crippen LogP contribution < -0.4 is 4.74 Å². The lowest BCUT2D eigenvalue weighted by Gasteiger charge is -2.34. The number of piperazine rings is 1. The average Bonchev–Trinajstić information content (AvgIpc) is 2.88. The number of sulfonamides is 1. The Hall–Kier alpha value is -3.76. The van der Waals surface area contributed by atoms with E-state index in [0.29, 0.717) is 11.3 Å². The second kappa shape index (κ2) is 10.0. The van der Waals surface area contributed by atoms with Crippen LogP contribution in [0.4, 0.5) is 5.69 Å². The summed E-state index contributed by atoms with van der Waals surface area (Å²) in [5.74, 6) is 0.523. The number of nitro groups is 1. The highest BCUT2D eigenvalue weighted by Crippen LogP contribution is 2.22. The normalized spacial score (nSPS) is 14.5. The van der Waals surface area contributed by atoms with Crippen LogP contribution in [-0.4, -0.2) is 54.6 Å². The van der Waals surface area contributed by atoms with Crippen LogP contribution in [-0.2, 0) is 16.6 Å². The summed E-state index contributed by atoms with van der Waals surface area (Å²) in [6.45, 7) is 0.972. The molecule has 3 aromatic carbocycles. The Morgan fingerprint density at radius 1 is 0.882 bits per heavy atom. The predicted molar refractivity (Wildman–Crippen MR) is 125 cm³/mol. The van der Waals surface area contributed by atoms with Crippen LogP contribution >= 0.6 is 0 Å². The number of amides is 1. The first-order chi connectivity index (χ1) is 16.4. The number of carbonyl (C=O) groups excluding carboxylic acids is 1. The van der Waals surface area contributed by atoms with Crippen molar-refractivity contribution >= 4 is 21.6 Å². The monoisotopic (exact) mass is 481 g/mol. The quantitative estimate of drug-likeness (QED) is 0.378. The second-order valence-corrected chi connectivity index (χ2v) is 9.64. The molecule has 1 fully saturated rings. The van der Waals surface area contributed by atoms with Gasteiger partial charge in [0.05, 0.1) is 9.82 Å². The van der Waals surface area contributed by atoms with Gasteiger partial charge in [-0.2, -0.15) is 4.31 Å². The number of nitrogens with zero attached hydrogens (tertiary/aromatic N) is 3. The third-order valence-electron chi connectivity index (χ3n) is 5.60. The molecule has 0 atom stereocenters. The molecule has 1 amide bonds. The van der Waals surface area contributed by atoms with Crippen molar-refractivity contribution in [2.45, 2.75) is 11.5 Å². The maximum Gasteiger partial charge on any atom is 0.269 e. The first-order valence-electron chi connectivity index (χ1n) is 10.7. The molecule has 4 rings (SSSR count). The summed E-state index contributed by atoms with van der Waals surface area (Å²) in [4.78, 5) is 25.1. The third kappa shape index (κ3) is 5.08. The molecule has 0 N–H and O–H groups in total. The topological polar surface area (TPSA) is 110 Å². The van der Waals surface area contributed by atoms with Crippen LogP contribution in [0.3, 0.4) is 0 Å². The van der Waals surface area contributed by atoms with E-state index in [1.165, 1.54) is 28.6 Å². The van der Waals surface area contributed by atoms with Gasteiger partial charge in [0.1, 0.15) is 12.4 Å². The number of hydrogen-bond donors (Lipinski definition) is 0. The number of ether oxygens (including phenoxy) is 1. The highest BCUT2D eigenvalue weighted by Gasteiger charge is 2.31. The lowest BCUT2D eigenvalue weighted by Crippen LogP contribution is -2.50. The number of benzene rings is 3. The first-order valence-corrected chi connectivity index (χ1v) is 12.1. The molecule has 0 unspecified atom stereocenters. The zero-order valence-electron chi connectivity index (χ0n) is 18.2. The fourth-order valence-corrected chi connectivity index (χ4v) is 5.15. The third-order valence-corrected chi connectivity index (χ3v) is 7.51. The van der Waals surface area contributed by atoms with Crippen molar-refractivity contribution in [2.24, 2.45) is 0 Å². The minimum absolute atomic E-state index is 0.0127. The zero-order valence-corrected chi connectivity index (χ0v) is 19.1. The summed E-state index contributed by atoms with van der Waals surface area (Å²) in [7, 11) is -3.81. The molecule has 0 aliphatic carbocycles. The Bertz CT molecular complexity index is 1270. The van der Waals surface area contributed by atoms with E-state index in [0.717, 1.165) is 5.56 Å². The fourth-order valence-electron chi connectivity index (χ4n) is 3.72. The van der Waals surface area contributed by atoms with E-state index >= 15 is 0 Å². The largest absolute Gasteiger partial charge is 0.489 e. The Morgan fingerprint density at radius 2 is 1.50 bits per heavy atom. The molecule has 0 bridgehead atoms. The van der Waals surface area contributed by atoms with Crippen LogP contribution in [0.15, 0.2) is 83.8 Å². The van der Waals surface area contributed by atoms with E-state index in [1.54, 1.807) is 17.0 Å². The lowest BCUT2D eigenvalue weighted by atomic mass is 10.1. The van der Waals surface area contributed by atoms with E-state index in [1.807, 2.05) is 42.5 Å². The molecule has 1 heterocycles. The molecule has 1 aliphatic heterocycles. The molecule has 0 spiro atoms. The SMILES string of the molecule is O=C(c1ccccc1COc1ccccc1)N1CCN(S(=O)(=O)c2ccc([N+](=O)[O-])cc2)CC1. The van der Waals surface area contributed by atoms with Gasteiger partial charge in [-0.15, -0.1) is 0 Å².